The molecule has 6 heteroatoms. The summed E-state index contributed by atoms with van der Waals surface area (Å²) in [5.41, 5.74) is -2.64. The molecule has 0 radical (unpaired) electrons. The summed E-state index contributed by atoms with van der Waals surface area (Å²) in [6, 6.07) is 0. The summed E-state index contributed by atoms with van der Waals surface area (Å²) in [7, 11) is 2.70. The molecular formula is C13H19N3O3. The van der Waals surface area contributed by atoms with Crippen molar-refractivity contribution < 1.29 is 0 Å². The SMILES string of the molecule is C#CC(C)CC(C)(C)n1c(=O)n(C)c(=O)n(C)c1=O. The van der Waals surface area contributed by atoms with E-state index in [1.807, 2.05) is 6.92 Å². The highest BCUT2D eigenvalue weighted by Crippen LogP contribution is 2.20. The van der Waals surface area contributed by atoms with Gasteiger partial charge in [-0.05, 0) is 20.3 Å². The number of aromatic nitrogens is 3. The zero-order chi connectivity index (χ0) is 15.0. The Labute approximate surface area is 111 Å². The third-order valence-corrected chi connectivity index (χ3v) is 3.23. The fourth-order valence-corrected chi connectivity index (χ4v) is 2.19. The average Bonchev–Trinajstić information content (AvgIpc) is 2.33. The fraction of sp³-hybridized carbons (Fsp3) is 0.615. The van der Waals surface area contributed by atoms with Crippen molar-refractivity contribution in [1.82, 2.24) is 13.7 Å². The lowest BCUT2D eigenvalue weighted by Gasteiger charge is -2.28. The molecule has 0 aliphatic carbocycles. The van der Waals surface area contributed by atoms with Crippen LogP contribution >= 0.6 is 0 Å². The van der Waals surface area contributed by atoms with E-state index < -0.39 is 22.6 Å². The predicted octanol–water partition coefficient (Wildman–Crippen LogP) is -0.360. The van der Waals surface area contributed by atoms with Gasteiger partial charge in [-0.3, -0.25) is 0 Å². The molecule has 0 aromatic carbocycles. The first kappa shape index (κ1) is 15.0. The van der Waals surface area contributed by atoms with Crippen LogP contribution < -0.4 is 17.1 Å². The molecule has 0 aliphatic heterocycles. The first-order valence-electron chi connectivity index (χ1n) is 5.99. The van der Waals surface area contributed by atoms with Crippen molar-refractivity contribution in [1.29, 1.82) is 0 Å². The average molecular weight is 265 g/mol. The molecule has 1 atom stereocenters. The molecule has 19 heavy (non-hydrogen) atoms. The Kier molecular flexibility index (Phi) is 3.89. The number of rotatable bonds is 3. The van der Waals surface area contributed by atoms with Gasteiger partial charge >= 0.3 is 17.1 Å². The summed E-state index contributed by atoms with van der Waals surface area (Å²) in [5, 5.41) is 0. The first-order valence-corrected chi connectivity index (χ1v) is 5.99. The minimum Gasteiger partial charge on any atom is -0.248 e. The monoisotopic (exact) mass is 265 g/mol. The smallest absolute Gasteiger partial charge is 0.248 e. The van der Waals surface area contributed by atoms with E-state index in [2.05, 4.69) is 5.92 Å². The van der Waals surface area contributed by atoms with Crippen LogP contribution in [0.5, 0.6) is 0 Å². The Morgan fingerprint density at radius 3 is 1.89 bits per heavy atom. The highest BCUT2D eigenvalue weighted by Gasteiger charge is 2.28. The largest absolute Gasteiger partial charge is 0.336 e. The van der Waals surface area contributed by atoms with E-state index in [9.17, 15) is 14.4 Å². The van der Waals surface area contributed by atoms with Gasteiger partial charge in [-0.15, -0.1) is 12.3 Å². The third kappa shape index (κ3) is 2.55. The van der Waals surface area contributed by atoms with Gasteiger partial charge in [-0.25, -0.2) is 28.1 Å². The Hall–Kier alpha value is -2.03. The summed E-state index contributed by atoms with van der Waals surface area (Å²) in [6.07, 6.45) is 5.81. The highest BCUT2D eigenvalue weighted by molar-refractivity contribution is 4.96. The van der Waals surface area contributed by atoms with Crippen molar-refractivity contribution in [2.45, 2.75) is 32.7 Å². The quantitative estimate of drug-likeness (QED) is 0.701. The summed E-state index contributed by atoms with van der Waals surface area (Å²) >= 11 is 0. The molecule has 0 N–H and O–H groups in total. The van der Waals surface area contributed by atoms with Crippen LogP contribution in [-0.2, 0) is 19.6 Å². The van der Waals surface area contributed by atoms with E-state index in [1.54, 1.807) is 13.8 Å². The van der Waals surface area contributed by atoms with Crippen LogP contribution in [0.1, 0.15) is 27.2 Å². The Balaban J connectivity index is 3.62. The van der Waals surface area contributed by atoms with Crippen LogP contribution in [0.4, 0.5) is 0 Å². The lowest BCUT2D eigenvalue weighted by Crippen LogP contribution is -2.57. The first-order chi connectivity index (χ1) is 8.63. The molecule has 0 amide bonds. The molecule has 6 nitrogen and oxygen atoms in total. The molecule has 1 rings (SSSR count). The molecule has 0 saturated heterocycles. The van der Waals surface area contributed by atoms with Gasteiger partial charge < -0.3 is 0 Å². The van der Waals surface area contributed by atoms with Gasteiger partial charge in [0.1, 0.15) is 0 Å². The molecule has 1 heterocycles. The topological polar surface area (TPSA) is 66.0 Å². The second-order valence-corrected chi connectivity index (χ2v) is 5.39. The van der Waals surface area contributed by atoms with E-state index in [0.29, 0.717) is 6.42 Å². The van der Waals surface area contributed by atoms with Gasteiger partial charge in [-0.2, -0.15) is 0 Å². The van der Waals surface area contributed by atoms with Gasteiger partial charge in [0.25, 0.3) is 0 Å². The van der Waals surface area contributed by atoms with Crippen LogP contribution in [0.25, 0.3) is 0 Å². The predicted molar refractivity (Wildman–Crippen MR) is 73.1 cm³/mol. The van der Waals surface area contributed by atoms with Gasteiger partial charge in [0.2, 0.25) is 0 Å². The summed E-state index contributed by atoms with van der Waals surface area (Å²) < 4.78 is 2.93. The van der Waals surface area contributed by atoms with Crippen molar-refractivity contribution in [3.05, 3.63) is 31.5 Å². The van der Waals surface area contributed by atoms with Crippen LogP contribution in [0.2, 0.25) is 0 Å². The summed E-state index contributed by atoms with van der Waals surface area (Å²) in [5.74, 6) is 2.50. The lowest BCUT2D eigenvalue weighted by molar-refractivity contribution is 0.262. The van der Waals surface area contributed by atoms with Crippen LogP contribution in [0.15, 0.2) is 14.4 Å². The lowest BCUT2D eigenvalue weighted by atomic mass is 9.92. The van der Waals surface area contributed by atoms with Crippen LogP contribution in [0.3, 0.4) is 0 Å². The van der Waals surface area contributed by atoms with Crippen molar-refractivity contribution in [3.63, 3.8) is 0 Å². The number of hydrogen-bond donors (Lipinski definition) is 0. The zero-order valence-electron chi connectivity index (χ0n) is 11.9. The number of nitrogens with zero attached hydrogens (tertiary/aromatic N) is 3. The molecule has 1 aromatic rings. The van der Waals surface area contributed by atoms with Gasteiger partial charge in [-0.1, -0.05) is 6.92 Å². The fourth-order valence-electron chi connectivity index (χ4n) is 2.19. The summed E-state index contributed by atoms with van der Waals surface area (Å²) in [4.78, 5) is 35.9. The van der Waals surface area contributed by atoms with E-state index in [-0.39, 0.29) is 5.92 Å². The van der Waals surface area contributed by atoms with E-state index in [4.69, 9.17) is 6.42 Å². The van der Waals surface area contributed by atoms with E-state index >= 15 is 0 Å². The molecule has 0 fully saturated rings. The van der Waals surface area contributed by atoms with E-state index in [0.717, 1.165) is 13.7 Å². The van der Waals surface area contributed by atoms with Crippen LogP contribution in [-0.4, -0.2) is 13.7 Å². The molecule has 0 aliphatic rings. The second kappa shape index (κ2) is 4.92. The zero-order valence-corrected chi connectivity index (χ0v) is 11.9. The standard InChI is InChI=1S/C13H19N3O3/c1-7-9(2)8-13(3,4)16-11(18)14(5)10(17)15(6)12(16)19/h1,9H,8H2,2-6H3. The van der Waals surface area contributed by atoms with Crippen molar-refractivity contribution >= 4 is 0 Å². The maximum atomic E-state index is 12.1. The minimum atomic E-state index is -0.761. The van der Waals surface area contributed by atoms with Crippen molar-refractivity contribution in [2.75, 3.05) is 0 Å². The minimum absolute atomic E-state index is 0.0798. The second-order valence-electron chi connectivity index (χ2n) is 5.39. The highest BCUT2D eigenvalue weighted by atomic mass is 16.2. The summed E-state index contributed by atoms with van der Waals surface area (Å²) in [6.45, 7) is 5.36. The number of hydrogen-bond acceptors (Lipinski definition) is 3. The van der Waals surface area contributed by atoms with Gasteiger partial charge in [0.05, 0.1) is 0 Å². The van der Waals surface area contributed by atoms with Crippen molar-refractivity contribution in [2.24, 2.45) is 20.0 Å². The normalized spacial score (nSPS) is 13.1. The van der Waals surface area contributed by atoms with Crippen molar-refractivity contribution in [3.8, 4) is 12.3 Å². The maximum Gasteiger partial charge on any atom is 0.336 e. The maximum absolute atomic E-state index is 12.1. The van der Waals surface area contributed by atoms with Crippen LogP contribution in [0, 0.1) is 18.3 Å². The molecule has 0 bridgehead atoms. The number of terminal acetylenes is 1. The van der Waals surface area contributed by atoms with E-state index in [1.165, 1.54) is 14.1 Å². The van der Waals surface area contributed by atoms with Gasteiger partial charge in [0, 0.05) is 25.6 Å². The molecule has 0 saturated carbocycles. The molecule has 0 spiro atoms. The molecular weight excluding hydrogens is 246 g/mol. The molecule has 1 unspecified atom stereocenters. The van der Waals surface area contributed by atoms with Gasteiger partial charge in [0.15, 0.2) is 0 Å². The Morgan fingerprint density at radius 2 is 1.53 bits per heavy atom. The Bertz CT molecular complexity index is 658. The Morgan fingerprint density at radius 1 is 1.11 bits per heavy atom. The molecule has 1 aromatic heterocycles. The third-order valence-electron chi connectivity index (χ3n) is 3.23. The molecule has 104 valence electrons.